The first-order chi connectivity index (χ1) is 13.2. The van der Waals surface area contributed by atoms with Crippen LogP contribution in [-0.2, 0) is 5.54 Å². The normalized spacial score (nSPS) is 17.8. The molecule has 1 aliphatic heterocycles. The molecular formula is C21H21N3O3. The van der Waals surface area contributed by atoms with Gasteiger partial charge in [0.15, 0.2) is 11.5 Å². The molecule has 0 bridgehead atoms. The number of aromatic nitrogens is 2. The van der Waals surface area contributed by atoms with Crippen molar-refractivity contribution >= 4 is 11.6 Å². The monoisotopic (exact) mass is 363 g/mol. The zero-order valence-electron chi connectivity index (χ0n) is 15.0. The molecule has 1 aromatic carbocycles. The number of rotatable bonds is 3. The van der Waals surface area contributed by atoms with Gasteiger partial charge in [0.1, 0.15) is 18.9 Å². The van der Waals surface area contributed by atoms with E-state index in [9.17, 15) is 4.79 Å². The Hall–Kier alpha value is -3.02. The third-order valence-electron chi connectivity index (χ3n) is 5.56. The summed E-state index contributed by atoms with van der Waals surface area (Å²) < 4.78 is 13.2. The second-order valence-electron chi connectivity index (χ2n) is 7.21. The molecule has 1 fully saturated rings. The second-order valence-corrected chi connectivity index (χ2v) is 7.21. The summed E-state index contributed by atoms with van der Waals surface area (Å²) in [5.41, 5.74) is 2.18. The van der Waals surface area contributed by atoms with Crippen molar-refractivity contribution in [3.8, 4) is 11.5 Å². The lowest BCUT2D eigenvalue weighted by atomic mass is 9.87. The van der Waals surface area contributed by atoms with Gasteiger partial charge >= 0.3 is 0 Å². The highest BCUT2D eigenvalue weighted by molar-refractivity contribution is 5.94. The third-order valence-corrected chi connectivity index (χ3v) is 5.56. The van der Waals surface area contributed by atoms with E-state index in [1.54, 1.807) is 6.20 Å². The van der Waals surface area contributed by atoms with Crippen molar-refractivity contribution in [2.45, 2.75) is 31.2 Å². The summed E-state index contributed by atoms with van der Waals surface area (Å²) in [4.78, 5) is 17.3. The van der Waals surface area contributed by atoms with E-state index in [0.717, 1.165) is 48.4 Å². The van der Waals surface area contributed by atoms with E-state index in [4.69, 9.17) is 9.47 Å². The van der Waals surface area contributed by atoms with Crippen LogP contribution in [0, 0.1) is 0 Å². The summed E-state index contributed by atoms with van der Waals surface area (Å²) in [6.45, 7) is 1.13. The predicted octanol–water partition coefficient (Wildman–Crippen LogP) is 3.30. The molecule has 0 atom stereocenters. The van der Waals surface area contributed by atoms with Crippen LogP contribution in [0.5, 0.6) is 11.5 Å². The Kier molecular flexibility index (Phi) is 3.77. The van der Waals surface area contributed by atoms with Crippen LogP contribution in [0.1, 0.15) is 41.6 Å². The van der Waals surface area contributed by atoms with Crippen LogP contribution in [0.15, 0.2) is 48.9 Å². The maximum Gasteiger partial charge on any atom is 0.253 e. The molecule has 1 N–H and O–H groups in total. The number of ether oxygens (including phenoxy) is 2. The number of imidazole rings is 1. The van der Waals surface area contributed by atoms with Crippen LogP contribution in [0.25, 0.3) is 5.65 Å². The second kappa shape index (κ2) is 6.30. The summed E-state index contributed by atoms with van der Waals surface area (Å²) in [6.07, 6.45) is 9.43. The number of hydrogen-bond donors (Lipinski definition) is 1. The summed E-state index contributed by atoms with van der Waals surface area (Å²) in [6, 6.07) is 9.72. The van der Waals surface area contributed by atoms with Gasteiger partial charge < -0.3 is 19.2 Å². The van der Waals surface area contributed by atoms with Crippen LogP contribution in [0.2, 0.25) is 0 Å². The van der Waals surface area contributed by atoms with E-state index < -0.39 is 0 Å². The number of pyridine rings is 1. The first-order valence-electron chi connectivity index (χ1n) is 9.39. The number of carbonyl (C=O) groups is 1. The van der Waals surface area contributed by atoms with Gasteiger partial charge in [-0.25, -0.2) is 4.98 Å². The molecule has 1 aliphatic carbocycles. The van der Waals surface area contributed by atoms with Gasteiger partial charge in [-0.3, -0.25) is 4.79 Å². The van der Waals surface area contributed by atoms with Crippen molar-refractivity contribution in [2.24, 2.45) is 0 Å². The molecule has 0 radical (unpaired) electrons. The molecule has 27 heavy (non-hydrogen) atoms. The largest absolute Gasteiger partial charge is 0.486 e. The number of hydrogen-bond acceptors (Lipinski definition) is 4. The lowest BCUT2D eigenvalue weighted by Gasteiger charge is -2.32. The van der Waals surface area contributed by atoms with Gasteiger partial charge in [0.25, 0.3) is 5.91 Å². The fraction of sp³-hybridized carbons (Fsp3) is 0.333. The van der Waals surface area contributed by atoms with Crippen molar-refractivity contribution in [2.75, 3.05) is 13.2 Å². The minimum atomic E-state index is -0.364. The zero-order valence-corrected chi connectivity index (χ0v) is 15.0. The van der Waals surface area contributed by atoms with Gasteiger partial charge in [-0.15, -0.1) is 0 Å². The fourth-order valence-corrected chi connectivity index (χ4v) is 4.15. The molecule has 1 saturated carbocycles. The van der Waals surface area contributed by atoms with E-state index in [-0.39, 0.29) is 11.4 Å². The zero-order chi connectivity index (χ0) is 18.3. The number of nitrogens with zero attached hydrogens (tertiary/aromatic N) is 2. The molecule has 6 heteroatoms. The third kappa shape index (κ3) is 2.81. The van der Waals surface area contributed by atoms with E-state index in [2.05, 4.69) is 16.4 Å². The standard InChI is InChI=1S/C21H21N3O3/c25-20(15-3-6-19-22-9-10-24(19)14-15)23-21(7-1-2-8-21)16-4-5-17-18(13-16)27-12-11-26-17/h3-6,9-10,13-14H,1-2,7-8,11-12H2,(H,23,25). The average molecular weight is 363 g/mol. The van der Waals surface area contributed by atoms with Gasteiger partial charge in [-0.05, 0) is 42.7 Å². The van der Waals surface area contributed by atoms with Gasteiger partial charge in [0.2, 0.25) is 0 Å². The smallest absolute Gasteiger partial charge is 0.253 e. The minimum Gasteiger partial charge on any atom is -0.486 e. The van der Waals surface area contributed by atoms with Crippen molar-refractivity contribution in [3.05, 3.63) is 60.0 Å². The molecule has 138 valence electrons. The molecule has 0 saturated heterocycles. The quantitative estimate of drug-likeness (QED) is 0.775. The lowest BCUT2D eigenvalue weighted by Crippen LogP contribution is -2.44. The molecule has 2 aliphatic rings. The molecule has 2 aromatic heterocycles. The molecule has 3 heterocycles. The molecule has 1 amide bonds. The molecular weight excluding hydrogens is 342 g/mol. The maximum atomic E-state index is 13.0. The fourth-order valence-electron chi connectivity index (χ4n) is 4.15. The number of carbonyl (C=O) groups excluding carboxylic acids is 1. The van der Waals surface area contributed by atoms with Gasteiger partial charge in [0, 0.05) is 18.6 Å². The van der Waals surface area contributed by atoms with Crippen LogP contribution in [0.3, 0.4) is 0 Å². The number of amides is 1. The molecule has 3 aromatic rings. The highest BCUT2D eigenvalue weighted by atomic mass is 16.6. The molecule has 5 rings (SSSR count). The predicted molar refractivity (Wildman–Crippen MR) is 100 cm³/mol. The van der Waals surface area contributed by atoms with Crippen LogP contribution in [0.4, 0.5) is 0 Å². The summed E-state index contributed by atoms with van der Waals surface area (Å²) in [5.74, 6) is 1.47. The Morgan fingerprint density at radius 2 is 1.89 bits per heavy atom. The Balaban J connectivity index is 1.47. The summed E-state index contributed by atoms with van der Waals surface area (Å²) >= 11 is 0. The summed E-state index contributed by atoms with van der Waals surface area (Å²) in [5, 5.41) is 3.32. The Bertz CT molecular complexity index is 1000. The average Bonchev–Trinajstić information content (AvgIpc) is 3.37. The maximum absolute atomic E-state index is 13.0. The highest BCUT2D eigenvalue weighted by Crippen LogP contribution is 2.42. The molecule has 0 spiro atoms. The number of nitrogens with one attached hydrogen (secondary N) is 1. The first-order valence-corrected chi connectivity index (χ1v) is 9.39. The number of fused-ring (bicyclic) bond motifs is 2. The molecule has 6 nitrogen and oxygen atoms in total. The Morgan fingerprint density at radius 1 is 1.07 bits per heavy atom. The Labute approximate surface area is 157 Å². The number of benzene rings is 1. The van der Waals surface area contributed by atoms with Crippen LogP contribution < -0.4 is 14.8 Å². The van der Waals surface area contributed by atoms with Crippen molar-refractivity contribution < 1.29 is 14.3 Å². The van der Waals surface area contributed by atoms with Gasteiger partial charge in [-0.2, -0.15) is 0 Å². The SMILES string of the molecule is O=C(NC1(c2ccc3c(c2)OCCO3)CCCC1)c1ccc2nccn2c1. The van der Waals surface area contributed by atoms with E-state index >= 15 is 0 Å². The highest BCUT2D eigenvalue weighted by Gasteiger charge is 2.38. The van der Waals surface area contributed by atoms with Crippen LogP contribution >= 0.6 is 0 Å². The summed E-state index contributed by atoms with van der Waals surface area (Å²) in [7, 11) is 0. The van der Waals surface area contributed by atoms with E-state index in [1.807, 2.05) is 41.1 Å². The van der Waals surface area contributed by atoms with Crippen molar-refractivity contribution in [1.82, 2.24) is 14.7 Å². The van der Waals surface area contributed by atoms with Gasteiger partial charge in [-0.1, -0.05) is 18.9 Å². The van der Waals surface area contributed by atoms with Gasteiger partial charge in [0.05, 0.1) is 11.1 Å². The van der Waals surface area contributed by atoms with Crippen LogP contribution in [-0.4, -0.2) is 28.5 Å². The molecule has 0 unspecified atom stereocenters. The van der Waals surface area contributed by atoms with E-state index in [1.165, 1.54) is 0 Å². The lowest BCUT2D eigenvalue weighted by molar-refractivity contribution is 0.0897. The Morgan fingerprint density at radius 3 is 2.74 bits per heavy atom. The first kappa shape index (κ1) is 16.2. The topological polar surface area (TPSA) is 64.9 Å². The van der Waals surface area contributed by atoms with Crippen molar-refractivity contribution in [3.63, 3.8) is 0 Å². The van der Waals surface area contributed by atoms with E-state index in [0.29, 0.717) is 18.8 Å². The van der Waals surface area contributed by atoms with Crippen molar-refractivity contribution in [1.29, 1.82) is 0 Å². The minimum absolute atomic E-state index is 0.0672.